The van der Waals surface area contributed by atoms with E-state index in [2.05, 4.69) is 21.2 Å². The molecule has 0 aliphatic carbocycles. The van der Waals surface area contributed by atoms with Crippen molar-refractivity contribution in [3.63, 3.8) is 0 Å². The van der Waals surface area contributed by atoms with E-state index in [9.17, 15) is 9.18 Å². The lowest BCUT2D eigenvalue weighted by Crippen LogP contribution is -2.23. The zero-order valence-corrected chi connectivity index (χ0v) is 13.0. The molecule has 2 aromatic carbocycles. The number of amides is 1. The molecule has 21 heavy (non-hydrogen) atoms. The van der Waals surface area contributed by atoms with Gasteiger partial charge in [-0.05, 0) is 42.3 Å². The highest BCUT2D eigenvalue weighted by atomic mass is 79.9. The first-order valence-corrected chi connectivity index (χ1v) is 7.40. The monoisotopic (exact) mass is 350 g/mol. The standard InChI is InChI=1S/C16H16BrFN2O/c17-13-5-6-15(18)14(9-13)16(21)20-10-12-3-1-11(2-4-12)7-8-19/h1-6,9H,7-8,10,19H2,(H,20,21). The van der Waals surface area contributed by atoms with Crippen LogP contribution in [0.3, 0.4) is 0 Å². The maximum atomic E-state index is 13.6. The van der Waals surface area contributed by atoms with Crippen LogP contribution in [-0.2, 0) is 13.0 Å². The van der Waals surface area contributed by atoms with Crippen molar-refractivity contribution in [2.75, 3.05) is 6.54 Å². The van der Waals surface area contributed by atoms with Crippen LogP contribution in [0.2, 0.25) is 0 Å². The quantitative estimate of drug-likeness (QED) is 0.870. The molecule has 0 fully saturated rings. The highest BCUT2D eigenvalue weighted by molar-refractivity contribution is 9.10. The summed E-state index contributed by atoms with van der Waals surface area (Å²) in [5.74, 6) is -0.964. The molecular formula is C16H16BrFN2O. The fourth-order valence-electron chi connectivity index (χ4n) is 1.94. The lowest BCUT2D eigenvalue weighted by atomic mass is 10.1. The first-order valence-electron chi connectivity index (χ1n) is 6.61. The van der Waals surface area contributed by atoms with E-state index in [0.29, 0.717) is 17.6 Å². The third-order valence-corrected chi connectivity index (χ3v) is 3.58. The molecule has 0 heterocycles. The molecule has 0 saturated carbocycles. The van der Waals surface area contributed by atoms with Crippen LogP contribution in [0.4, 0.5) is 4.39 Å². The first kappa shape index (κ1) is 15.7. The van der Waals surface area contributed by atoms with Crippen LogP contribution >= 0.6 is 15.9 Å². The Labute approximate surface area is 131 Å². The van der Waals surface area contributed by atoms with Gasteiger partial charge >= 0.3 is 0 Å². The maximum absolute atomic E-state index is 13.6. The van der Waals surface area contributed by atoms with Gasteiger partial charge in [-0.25, -0.2) is 4.39 Å². The smallest absolute Gasteiger partial charge is 0.254 e. The van der Waals surface area contributed by atoms with E-state index < -0.39 is 11.7 Å². The molecule has 2 aromatic rings. The van der Waals surface area contributed by atoms with Gasteiger partial charge in [0.25, 0.3) is 5.91 Å². The van der Waals surface area contributed by atoms with Gasteiger partial charge in [-0.1, -0.05) is 40.2 Å². The molecular weight excluding hydrogens is 335 g/mol. The molecule has 0 saturated heterocycles. The summed E-state index contributed by atoms with van der Waals surface area (Å²) in [4.78, 5) is 12.0. The van der Waals surface area contributed by atoms with Crippen molar-refractivity contribution < 1.29 is 9.18 Å². The number of rotatable bonds is 5. The van der Waals surface area contributed by atoms with Crippen molar-refractivity contribution in [1.82, 2.24) is 5.32 Å². The lowest BCUT2D eigenvalue weighted by Gasteiger charge is -2.07. The van der Waals surface area contributed by atoms with Crippen molar-refractivity contribution in [2.24, 2.45) is 5.73 Å². The summed E-state index contributed by atoms with van der Waals surface area (Å²) in [6.45, 7) is 0.964. The Balaban J connectivity index is 1.99. The Morgan fingerprint density at radius 3 is 2.48 bits per heavy atom. The van der Waals surface area contributed by atoms with Crippen LogP contribution < -0.4 is 11.1 Å². The number of nitrogens with two attached hydrogens (primary N) is 1. The average molecular weight is 351 g/mol. The molecule has 0 aliphatic heterocycles. The van der Waals surface area contributed by atoms with E-state index >= 15 is 0 Å². The Bertz CT molecular complexity index is 629. The van der Waals surface area contributed by atoms with Crippen molar-refractivity contribution >= 4 is 21.8 Å². The maximum Gasteiger partial charge on any atom is 0.254 e. The molecule has 0 unspecified atom stereocenters. The van der Waals surface area contributed by atoms with Crippen molar-refractivity contribution in [1.29, 1.82) is 0 Å². The van der Waals surface area contributed by atoms with Gasteiger partial charge in [-0.15, -0.1) is 0 Å². The van der Waals surface area contributed by atoms with E-state index in [1.165, 1.54) is 12.1 Å². The van der Waals surface area contributed by atoms with Crippen molar-refractivity contribution in [2.45, 2.75) is 13.0 Å². The van der Waals surface area contributed by atoms with E-state index in [1.54, 1.807) is 6.07 Å². The normalized spacial score (nSPS) is 10.4. The van der Waals surface area contributed by atoms with Crippen LogP contribution in [0.5, 0.6) is 0 Å². The summed E-state index contributed by atoms with van der Waals surface area (Å²) in [6.07, 6.45) is 0.829. The van der Waals surface area contributed by atoms with Gasteiger partial charge in [0.15, 0.2) is 0 Å². The largest absolute Gasteiger partial charge is 0.348 e. The molecule has 110 valence electrons. The van der Waals surface area contributed by atoms with Gasteiger partial charge in [0, 0.05) is 11.0 Å². The summed E-state index contributed by atoms with van der Waals surface area (Å²) < 4.78 is 14.3. The van der Waals surface area contributed by atoms with Crippen LogP contribution in [0, 0.1) is 5.82 Å². The number of benzene rings is 2. The fourth-order valence-corrected chi connectivity index (χ4v) is 2.30. The number of carbonyl (C=O) groups excluding carboxylic acids is 1. The summed E-state index contributed by atoms with van der Waals surface area (Å²) >= 11 is 3.23. The molecule has 5 heteroatoms. The fraction of sp³-hybridized carbons (Fsp3) is 0.188. The number of hydrogen-bond acceptors (Lipinski definition) is 2. The van der Waals surface area contributed by atoms with Gasteiger partial charge in [0.05, 0.1) is 5.56 Å². The van der Waals surface area contributed by atoms with E-state index in [0.717, 1.165) is 17.5 Å². The minimum atomic E-state index is -0.533. The number of halogens is 2. The van der Waals surface area contributed by atoms with Crippen LogP contribution in [0.1, 0.15) is 21.5 Å². The number of nitrogens with one attached hydrogen (secondary N) is 1. The van der Waals surface area contributed by atoms with Crippen LogP contribution in [0.25, 0.3) is 0 Å². The topological polar surface area (TPSA) is 55.1 Å². The molecule has 0 atom stereocenters. The first-order chi connectivity index (χ1) is 10.1. The van der Waals surface area contributed by atoms with Gasteiger partial charge < -0.3 is 11.1 Å². The predicted molar refractivity (Wildman–Crippen MR) is 84.5 cm³/mol. The van der Waals surface area contributed by atoms with E-state index in [4.69, 9.17) is 5.73 Å². The third kappa shape index (κ3) is 4.37. The zero-order chi connectivity index (χ0) is 15.2. The Morgan fingerprint density at radius 1 is 1.14 bits per heavy atom. The number of hydrogen-bond donors (Lipinski definition) is 2. The second-order valence-electron chi connectivity index (χ2n) is 4.66. The average Bonchev–Trinajstić information content (AvgIpc) is 2.49. The predicted octanol–water partition coefficient (Wildman–Crippen LogP) is 3.02. The van der Waals surface area contributed by atoms with Crippen LogP contribution in [0.15, 0.2) is 46.9 Å². The Kier molecular flexibility index (Phi) is 5.47. The van der Waals surface area contributed by atoms with E-state index in [-0.39, 0.29) is 5.56 Å². The highest BCUT2D eigenvalue weighted by Crippen LogP contribution is 2.15. The number of carbonyl (C=O) groups is 1. The van der Waals surface area contributed by atoms with Gasteiger partial charge in [-0.2, -0.15) is 0 Å². The second-order valence-corrected chi connectivity index (χ2v) is 5.58. The summed E-state index contributed by atoms with van der Waals surface area (Å²) in [5, 5.41) is 2.71. The third-order valence-electron chi connectivity index (χ3n) is 3.08. The molecule has 0 spiro atoms. The molecule has 3 nitrogen and oxygen atoms in total. The second kappa shape index (κ2) is 7.33. The zero-order valence-electron chi connectivity index (χ0n) is 11.4. The van der Waals surface area contributed by atoms with Crippen molar-refractivity contribution in [3.05, 3.63) is 69.4 Å². The van der Waals surface area contributed by atoms with E-state index in [1.807, 2.05) is 24.3 Å². The molecule has 3 N–H and O–H groups in total. The summed E-state index contributed by atoms with van der Waals surface area (Å²) in [5.41, 5.74) is 7.64. The van der Waals surface area contributed by atoms with Crippen molar-refractivity contribution in [3.8, 4) is 0 Å². The molecule has 0 bridgehead atoms. The Hall–Kier alpha value is -1.72. The molecule has 1 amide bonds. The van der Waals surface area contributed by atoms with Gasteiger partial charge in [0.2, 0.25) is 0 Å². The lowest BCUT2D eigenvalue weighted by molar-refractivity contribution is 0.0947. The van der Waals surface area contributed by atoms with Crippen LogP contribution in [-0.4, -0.2) is 12.5 Å². The molecule has 2 rings (SSSR count). The minimum Gasteiger partial charge on any atom is -0.348 e. The summed E-state index contributed by atoms with van der Waals surface area (Å²) in [6, 6.07) is 12.1. The SMILES string of the molecule is NCCc1ccc(CNC(=O)c2cc(Br)ccc2F)cc1. The van der Waals surface area contributed by atoms with Gasteiger partial charge in [-0.3, -0.25) is 4.79 Å². The van der Waals surface area contributed by atoms with Gasteiger partial charge in [0.1, 0.15) is 5.82 Å². The summed E-state index contributed by atoms with van der Waals surface area (Å²) in [7, 11) is 0. The molecule has 0 aliphatic rings. The molecule has 0 aromatic heterocycles. The Morgan fingerprint density at radius 2 is 1.81 bits per heavy atom. The minimum absolute atomic E-state index is 0.0316. The highest BCUT2D eigenvalue weighted by Gasteiger charge is 2.11. The molecule has 0 radical (unpaired) electrons.